The molecule has 2 saturated carbocycles. The summed E-state index contributed by atoms with van der Waals surface area (Å²) in [7, 11) is -1.56. The van der Waals surface area contributed by atoms with Crippen molar-refractivity contribution in [3.63, 3.8) is 0 Å². The maximum atomic E-state index is 13.1. The van der Waals surface area contributed by atoms with Crippen molar-refractivity contribution in [2.75, 3.05) is 14.2 Å². The molecule has 0 aromatic heterocycles. The summed E-state index contributed by atoms with van der Waals surface area (Å²) in [6.07, 6.45) is 2.85. The molecule has 1 N–H and O–H groups in total. The summed E-state index contributed by atoms with van der Waals surface area (Å²) in [5.41, 5.74) is -0.142. The van der Waals surface area contributed by atoms with Gasteiger partial charge in [0.25, 0.3) is 0 Å². The van der Waals surface area contributed by atoms with Gasteiger partial charge < -0.3 is 9.47 Å². The number of methoxy groups -OCH3 is 2. The number of ether oxygens (including phenoxy) is 2. The lowest BCUT2D eigenvalue weighted by molar-refractivity contribution is 0.0598. The van der Waals surface area contributed by atoms with E-state index in [4.69, 9.17) is 0 Å². The molecule has 2 bridgehead atoms. The van der Waals surface area contributed by atoms with Gasteiger partial charge in [0.15, 0.2) is 0 Å². The molecule has 1 aromatic carbocycles. The first kappa shape index (κ1) is 20.8. The van der Waals surface area contributed by atoms with Crippen molar-refractivity contribution < 1.29 is 27.5 Å². The molecule has 154 valence electrons. The number of hydrogen-bond donors (Lipinski definition) is 1. The monoisotopic (exact) mass is 409 g/mol. The predicted molar refractivity (Wildman–Crippen MR) is 102 cm³/mol. The molecule has 0 heterocycles. The van der Waals surface area contributed by atoms with Crippen molar-refractivity contribution in [2.45, 2.75) is 51.0 Å². The van der Waals surface area contributed by atoms with E-state index in [1.165, 1.54) is 32.4 Å². The van der Waals surface area contributed by atoms with Crippen LogP contribution in [0.4, 0.5) is 0 Å². The Morgan fingerprint density at radius 2 is 1.57 bits per heavy atom. The highest BCUT2D eigenvalue weighted by Crippen LogP contribution is 2.65. The minimum Gasteiger partial charge on any atom is -0.465 e. The van der Waals surface area contributed by atoms with Crippen molar-refractivity contribution in [1.29, 1.82) is 0 Å². The zero-order valence-electron chi connectivity index (χ0n) is 16.9. The molecular weight excluding hydrogens is 382 g/mol. The van der Waals surface area contributed by atoms with E-state index in [-0.39, 0.29) is 32.9 Å². The number of benzene rings is 1. The first-order chi connectivity index (χ1) is 13.0. The Hall–Kier alpha value is -1.93. The minimum absolute atomic E-state index is 0.0229. The molecule has 3 rings (SSSR count). The van der Waals surface area contributed by atoms with Gasteiger partial charge in [0.05, 0.1) is 30.2 Å². The van der Waals surface area contributed by atoms with Crippen molar-refractivity contribution in [3.05, 3.63) is 29.3 Å². The van der Waals surface area contributed by atoms with Crippen LogP contribution in [0.1, 0.15) is 60.7 Å². The molecule has 0 aliphatic heterocycles. The Bertz CT molecular complexity index is 888. The summed E-state index contributed by atoms with van der Waals surface area (Å²) < 4.78 is 38.5. The summed E-state index contributed by atoms with van der Waals surface area (Å²) in [4.78, 5) is 23.7. The quantitative estimate of drug-likeness (QED) is 0.751. The maximum Gasteiger partial charge on any atom is 0.337 e. The van der Waals surface area contributed by atoms with E-state index in [1.54, 1.807) is 0 Å². The van der Waals surface area contributed by atoms with Crippen LogP contribution in [0.5, 0.6) is 0 Å². The van der Waals surface area contributed by atoms with Gasteiger partial charge in [-0.1, -0.05) is 20.8 Å². The number of nitrogens with one attached hydrogen (secondary N) is 1. The lowest BCUT2D eigenvalue weighted by Gasteiger charge is -2.39. The number of rotatable bonds is 5. The summed E-state index contributed by atoms with van der Waals surface area (Å²) >= 11 is 0. The van der Waals surface area contributed by atoms with Crippen LogP contribution < -0.4 is 4.72 Å². The van der Waals surface area contributed by atoms with Gasteiger partial charge in [-0.05, 0) is 54.2 Å². The standard InChI is InChI=1S/C20H27NO6S/c1-19(2)14-6-7-20(19,3)16(11-14)21-28(24,25)15-9-12(17(22)26-4)8-13(10-15)18(23)27-5/h8-10,14,16,21H,6-7,11H2,1-5H3/t14-,16-,20+/m0/s1. The molecule has 8 heteroatoms. The molecule has 2 aliphatic rings. The highest BCUT2D eigenvalue weighted by atomic mass is 32.2. The molecule has 0 amide bonds. The lowest BCUT2D eigenvalue weighted by Crippen LogP contribution is -2.46. The van der Waals surface area contributed by atoms with E-state index in [0.29, 0.717) is 5.92 Å². The number of fused-ring (bicyclic) bond motifs is 2. The van der Waals surface area contributed by atoms with Gasteiger partial charge in [-0.15, -0.1) is 0 Å². The minimum atomic E-state index is -3.95. The van der Waals surface area contributed by atoms with Gasteiger partial charge in [0.1, 0.15) is 0 Å². The lowest BCUT2D eigenvalue weighted by atomic mass is 9.69. The second-order valence-corrected chi connectivity index (χ2v) is 10.2. The average molecular weight is 410 g/mol. The zero-order chi connectivity index (χ0) is 20.9. The summed E-state index contributed by atoms with van der Waals surface area (Å²) in [6.45, 7) is 6.54. The fourth-order valence-electron chi connectivity index (χ4n) is 4.86. The van der Waals surface area contributed by atoms with Crippen molar-refractivity contribution in [3.8, 4) is 0 Å². The molecule has 3 atom stereocenters. The second-order valence-electron chi connectivity index (χ2n) is 8.51. The van der Waals surface area contributed by atoms with E-state index < -0.39 is 22.0 Å². The van der Waals surface area contributed by atoms with Crippen LogP contribution in [0.25, 0.3) is 0 Å². The number of hydrogen-bond acceptors (Lipinski definition) is 6. The van der Waals surface area contributed by atoms with Gasteiger partial charge in [-0.25, -0.2) is 22.7 Å². The topological polar surface area (TPSA) is 98.8 Å². The smallest absolute Gasteiger partial charge is 0.337 e. The number of esters is 2. The first-order valence-electron chi connectivity index (χ1n) is 9.30. The van der Waals surface area contributed by atoms with Gasteiger partial charge >= 0.3 is 11.9 Å². The van der Waals surface area contributed by atoms with Crippen LogP contribution in [0.3, 0.4) is 0 Å². The molecule has 0 radical (unpaired) electrons. The van der Waals surface area contributed by atoms with Crippen LogP contribution >= 0.6 is 0 Å². The number of sulfonamides is 1. The Kier molecular flexibility index (Phi) is 5.08. The van der Waals surface area contributed by atoms with Gasteiger partial charge in [0.2, 0.25) is 10.0 Å². The second kappa shape index (κ2) is 6.84. The van der Waals surface area contributed by atoms with Crippen LogP contribution in [-0.2, 0) is 19.5 Å². The van der Waals surface area contributed by atoms with Gasteiger partial charge in [0, 0.05) is 6.04 Å². The fourth-order valence-corrected chi connectivity index (χ4v) is 6.29. The Labute approximate surface area is 165 Å². The third kappa shape index (κ3) is 3.12. The zero-order valence-corrected chi connectivity index (χ0v) is 17.7. The van der Waals surface area contributed by atoms with E-state index in [2.05, 4.69) is 35.0 Å². The highest BCUT2D eigenvalue weighted by molar-refractivity contribution is 7.89. The Morgan fingerprint density at radius 3 is 1.96 bits per heavy atom. The molecule has 0 unspecified atom stereocenters. The van der Waals surface area contributed by atoms with Crippen molar-refractivity contribution in [1.82, 2.24) is 4.72 Å². The van der Waals surface area contributed by atoms with Crippen LogP contribution in [-0.4, -0.2) is 40.6 Å². The summed E-state index contributed by atoms with van der Waals surface area (Å²) in [6, 6.07) is 3.51. The first-order valence-corrected chi connectivity index (χ1v) is 10.8. The number of carbonyl (C=O) groups is 2. The van der Waals surface area contributed by atoms with Crippen molar-refractivity contribution >= 4 is 22.0 Å². The van der Waals surface area contributed by atoms with Crippen LogP contribution in [0.15, 0.2) is 23.1 Å². The summed E-state index contributed by atoms with van der Waals surface area (Å²) in [5.74, 6) is -0.984. The molecule has 0 saturated heterocycles. The SMILES string of the molecule is COC(=O)c1cc(C(=O)OC)cc(S(=O)(=O)N[C@H]2C[C@@H]3CC[C@@]2(C)C3(C)C)c1. The highest BCUT2D eigenvalue weighted by Gasteiger charge is 2.61. The van der Waals surface area contributed by atoms with Gasteiger partial charge in [-0.2, -0.15) is 0 Å². The molecule has 1 aromatic rings. The van der Waals surface area contributed by atoms with Gasteiger partial charge in [-0.3, -0.25) is 0 Å². The molecule has 7 nitrogen and oxygen atoms in total. The van der Waals surface area contributed by atoms with E-state index in [0.717, 1.165) is 19.3 Å². The molecule has 28 heavy (non-hydrogen) atoms. The molecule has 2 aliphatic carbocycles. The van der Waals surface area contributed by atoms with E-state index in [9.17, 15) is 18.0 Å². The Morgan fingerprint density at radius 1 is 1.04 bits per heavy atom. The largest absolute Gasteiger partial charge is 0.465 e. The normalized spacial score (nSPS) is 28.2. The maximum absolute atomic E-state index is 13.1. The van der Waals surface area contributed by atoms with Crippen molar-refractivity contribution in [2.24, 2.45) is 16.7 Å². The Balaban J connectivity index is 1.98. The van der Waals surface area contributed by atoms with Crippen LogP contribution in [0, 0.1) is 16.7 Å². The summed E-state index contributed by atoms with van der Waals surface area (Å²) in [5, 5.41) is 0. The predicted octanol–water partition coefficient (Wildman–Crippen LogP) is 2.75. The average Bonchev–Trinajstić information content (AvgIpc) is 2.99. The molecule has 0 spiro atoms. The fraction of sp³-hybridized carbons (Fsp3) is 0.600. The molecular formula is C20H27NO6S. The number of carbonyl (C=O) groups excluding carboxylic acids is 2. The van der Waals surface area contributed by atoms with Crippen LogP contribution in [0.2, 0.25) is 0 Å². The van der Waals surface area contributed by atoms with E-state index in [1.807, 2.05) is 0 Å². The van der Waals surface area contributed by atoms with E-state index >= 15 is 0 Å². The third-order valence-electron chi connectivity index (χ3n) is 7.15. The molecule has 2 fully saturated rings. The third-order valence-corrected chi connectivity index (χ3v) is 8.60.